The van der Waals surface area contributed by atoms with Gasteiger partial charge in [-0.3, -0.25) is 9.59 Å². The van der Waals surface area contributed by atoms with Crippen molar-refractivity contribution < 1.29 is 18.7 Å². The maximum absolute atomic E-state index is 12.8. The molecule has 25 heavy (non-hydrogen) atoms. The Bertz CT molecular complexity index is 696. The SMILES string of the molecule is CCOc1ccc(C(=O)CCC(=O)NCCc2ccc(F)cc2)cc1. The van der Waals surface area contributed by atoms with Gasteiger partial charge in [0.15, 0.2) is 5.78 Å². The van der Waals surface area contributed by atoms with Crippen molar-refractivity contribution in [2.75, 3.05) is 13.2 Å². The normalized spacial score (nSPS) is 10.3. The number of ether oxygens (including phenoxy) is 1. The second-order valence-electron chi connectivity index (χ2n) is 5.61. The van der Waals surface area contributed by atoms with Gasteiger partial charge < -0.3 is 10.1 Å². The molecule has 0 fully saturated rings. The molecule has 2 aromatic rings. The number of ketones is 1. The lowest BCUT2D eigenvalue weighted by molar-refractivity contribution is -0.121. The Hall–Kier alpha value is -2.69. The molecule has 0 aliphatic rings. The average molecular weight is 343 g/mol. The molecule has 2 rings (SSSR count). The zero-order valence-corrected chi connectivity index (χ0v) is 14.3. The lowest BCUT2D eigenvalue weighted by atomic mass is 10.1. The minimum Gasteiger partial charge on any atom is -0.494 e. The van der Waals surface area contributed by atoms with Crippen molar-refractivity contribution in [1.82, 2.24) is 5.32 Å². The van der Waals surface area contributed by atoms with E-state index in [0.717, 1.165) is 11.3 Å². The van der Waals surface area contributed by atoms with Gasteiger partial charge >= 0.3 is 0 Å². The number of Topliss-reactive ketones (excluding diaryl/α,β-unsaturated/α-hetero) is 1. The van der Waals surface area contributed by atoms with Gasteiger partial charge in [0.2, 0.25) is 5.91 Å². The van der Waals surface area contributed by atoms with E-state index < -0.39 is 0 Å². The molecule has 0 aromatic heterocycles. The van der Waals surface area contributed by atoms with Gasteiger partial charge in [0.05, 0.1) is 6.61 Å². The van der Waals surface area contributed by atoms with Crippen LogP contribution in [0.15, 0.2) is 48.5 Å². The Labute approximate surface area is 147 Å². The van der Waals surface area contributed by atoms with Gasteiger partial charge in [0.25, 0.3) is 0 Å². The summed E-state index contributed by atoms with van der Waals surface area (Å²) in [5.41, 5.74) is 1.52. The van der Waals surface area contributed by atoms with Gasteiger partial charge in [-0.1, -0.05) is 12.1 Å². The lowest BCUT2D eigenvalue weighted by Gasteiger charge is -2.06. The maximum atomic E-state index is 12.8. The number of carbonyl (C=O) groups is 2. The van der Waals surface area contributed by atoms with Crippen LogP contribution in [0.1, 0.15) is 35.7 Å². The highest BCUT2D eigenvalue weighted by atomic mass is 19.1. The fourth-order valence-electron chi connectivity index (χ4n) is 2.36. The molecule has 2 aromatic carbocycles. The third-order valence-electron chi connectivity index (χ3n) is 3.72. The molecule has 5 heteroatoms. The number of benzene rings is 2. The predicted molar refractivity (Wildman–Crippen MR) is 94.3 cm³/mol. The second-order valence-corrected chi connectivity index (χ2v) is 5.61. The topological polar surface area (TPSA) is 55.4 Å². The van der Waals surface area contributed by atoms with Crippen LogP contribution in [0.25, 0.3) is 0 Å². The average Bonchev–Trinajstić information content (AvgIpc) is 2.62. The zero-order chi connectivity index (χ0) is 18.1. The molecule has 0 saturated heterocycles. The predicted octanol–water partition coefficient (Wildman–Crippen LogP) is 3.55. The molecular formula is C20H22FNO3. The number of halogens is 1. The Morgan fingerprint density at radius 2 is 1.68 bits per heavy atom. The van der Waals surface area contributed by atoms with E-state index in [1.807, 2.05) is 6.92 Å². The summed E-state index contributed by atoms with van der Waals surface area (Å²) in [7, 11) is 0. The molecule has 0 aliphatic heterocycles. The van der Waals surface area contributed by atoms with Crippen LogP contribution in [-0.2, 0) is 11.2 Å². The summed E-state index contributed by atoms with van der Waals surface area (Å²) in [6, 6.07) is 13.1. The van der Waals surface area contributed by atoms with Gasteiger partial charge in [0.1, 0.15) is 11.6 Å². The van der Waals surface area contributed by atoms with Crippen molar-refractivity contribution in [2.24, 2.45) is 0 Å². The minimum absolute atomic E-state index is 0.0725. The molecule has 0 radical (unpaired) electrons. The number of nitrogens with one attached hydrogen (secondary N) is 1. The highest BCUT2D eigenvalue weighted by molar-refractivity contribution is 5.98. The molecule has 0 heterocycles. The molecule has 0 atom stereocenters. The van der Waals surface area contributed by atoms with E-state index in [1.165, 1.54) is 12.1 Å². The van der Waals surface area contributed by atoms with E-state index in [-0.39, 0.29) is 30.3 Å². The number of hydrogen-bond donors (Lipinski definition) is 1. The van der Waals surface area contributed by atoms with E-state index in [1.54, 1.807) is 36.4 Å². The quantitative estimate of drug-likeness (QED) is 0.709. The third-order valence-corrected chi connectivity index (χ3v) is 3.72. The van der Waals surface area contributed by atoms with E-state index in [2.05, 4.69) is 5.32 Å². The number of rotatable bonds is 9. The summed E-state index contributed by atoms with van der Waals surface area (Å²) in [4.78, 5) is 23.9. The van der Waals surface area contributed by atoms with Crippen LogP contribution in [0, 0.1) is 5.82 Å². The molecule has 0 bridgehead atoms. The summed E-state index contributed by atoms with van der Waals surface area (Å²) in [5.74, 6) is 0.205. The van der Waals surface area contributed by atoms with Crippen molar-refractivity contribution >= 4 is 11.7 Å². The molecule has 0 spiro atoms. The van der Waals surface area contributed by atoms with Gasteiger partial charge in [0, 0.05) is 24.9 Å². The standard InChI is InChI=1S/C20H22FNO3/c1-2-25-18-9-5-16(6-10-18)19(23)11-12-20(24)22-14-13-15-3-7-17(21)8-4-15/h3-10H,2,11-14H2,1H3,(H,22,24). The molecule has 0 unspecified atom stereocenters. The van der Waals surface area contributed by atoms with Crippen LogP contribution in [0.5, 0.6) is 5.75 Å². The first-order valence-electron chi connectivity index (χ1n) is 8.35. The first-order valence-corrected chi connectivity index (χ1v) is 8.35. The Morgan fingerprint density at radius 3 is 2.32 bits per heavy atom. The third kappa shape index (κ3) is 6.37. The minimum atomic E-state index is -0.277. The molecule has 0 saturated carbocycles. The van der Waals surface area contributed by atoms with Crippen molar-refractivity contribution in [3.05, 3.63) is 65.5 Å². The van der Waals surface area contributed by atoms with Crippen molar-refractivity contribution in [3.63, 3.8) is 0 Å². The molecule has 1 amide bonds. The summed E-state index contributed by atoms with van der Waals surface area (Å²) in [6.07, 6.45) is 0.935. The fourth-order valence-corrected chi connectivity index (χ4v) is 2.36. The Balaban J connectivity index is 1.70. The lowest BCUT2D eigenvalue weighted by Crippen LogP contribution is -2.26. The van der Waals surface area contributed by atoms with E-state index >= 15 is 0 Å². The van der Waals surface area contributed by atoms with Gasteiger partial charge in [-0.2, -0.15) is 0 Å². The summed E-state index contributed by atoms with van der Waals surface area (Å²) in [6.45, 7) is 2.93. The summed E-state index contributed by atoms with van der Waals surface area (Å²) < 4.78 is 18.1. The van der Waals surface area contributed by atoms with Crippen LogP contribution in [0.2, 0.25) is 0 Å². The van der Waals surface area contributed by atoms with Crippen LogP contribution < -0.4 is 10.1 Å². The molecule has 4 nitrogen and oxygen atoms in total. The summed E-state index contributed by atoms with van der Waals surface area (Å²) in [5, 5.41) is 2.77. The van der Waals surface area contributed by atoms with Gasteiger partial charge in [-0.25, -0.2) is 4.39 Å². The maximum Gasteiger partial charge on any atom is 0.220 e. The molecule has 1 N–H and O–H groups in total. The van der Waals surface area contributed by atoms with Crippen molar-refractivity contribution in [1.29, 1.82) is 0 Å². The van der Waals surface area contributed by atoms with Crippen molar-refractivity contribution in [3.8, 4) is 5.75 Å². The number of carbonyl (C=O) groups excluding carboxylic acids is 2. The molecule has 132 valence electrons. The van der Waals surface area contributed by atoms with Gasteiger partial charge in [-0.05, 0) is 55.3 Å². The molecular weight excluding hydrogens is 321 g/mol. The Kier molecular flexibility index (Phi) is 7.14. The summed E-state index contributed by atoms with van der Waals surface area (Å²) >= 11 is 0. The number of hydrogen-bond acceptors (Lipinski definition) is 3. The molecule has 0 aliphatic carbocycles. The first kappa shape index (κ1) is 18.6. The monoisotopic (exact) mass is 343 g/mol. The number of amides is 1. The highest BCUT2D eigenvalue weighted by Crippen LogP contribution is 2.14. The largest absolute Gasteiger partial charge is 0.494 e. The van der Waals surface area contributed by atoms with Gasteiger partial charge in [-0.15, -0.1) is 0 Å². The van der Waals surface area contributed by atoms with Crippen LogP contribution >= 0.6 is 0 Å². The second kappa shape index (κ2) is 9.57. The van der Waals surface area contributed by atoms with E-state index in [0.29, 0.717) is 25.1 Å². The van der Waals surface area contributed by atoms with E-state index in [9.17, 15) is 14.0 Å². The smallest absolute Gasteiger partial charge is 0.220 e. The van der Waals surface area contributed by atoms with Crippen LogP contribution in [-0.4, -0.2) is 24.8 Å². The first-order chi connectivity index (χ1) is 12.1. The van der Waals surface area contributed by atoms with Crippen LogP contribution in [0.3, 0.4) is 0 Å². The van der Waals surface area contributed by atoms with Crippen molar-refractivity contribution in [2.45, 2.75) is 26.2 Å². The zero-order valence-electron chi connectivity index (χ0n) is 14.3. The van der Waals surface area contributed by atoms with E-state index in [4.69, 9.17) is 4.74 Å². The van der Waals surface area contributed by atoms with Crippen LogP contribution in [0.4, 0.5) is 4.39 Å². The fraction of sp³-hybridized carbons (Fsp3) is 0.300. The Morgan fingerprint density at radius 1 is 1.00 bits per heavy atom. The highest BCUT2D eigenvalue weighted by Gasteiger charge is 2.09.